The molecule has 5 nitrogen and oxygen atoms in total. The van der Waals surface area contributed by atoms with Gasteiger partial charge in [0, 0.05) is 16.7 Å². The second-order valence-corrected chi connectivity index (χ2v) is 6.87. The zero-order valence-corrected chi connectivity index (χ0v) is 16.3. The number of nitrogens with zero attached hydrogens (tertiary/aromatic N) is 2. The summed E-state index contributed by atoms with van der Waals surface area (Å²) < 4.78 is 5.50. The van der Waals surface area contributed by atoms with Gasteiger partial charge < -0.3 is 4.74 Å². The minimum Gasteiger partial charge on any atom is -0.478 e. The standard InChI is InChI=1S/C25H18N2O3/c1-17-7-6-9-19(15-17)27-24(28)21-11-4-3-10-20(21)22(25(27)29)16-18-8-2-5-12-23(18)30-14-13-26/h2-12,15-16H,14H2,1H3/b22-16-. The summed E-state index contributed by atoms with van der Waals surface area (Å²) in [6.45, 7) is 1.81. The fourth-order valence-corrected chi connectivity index (χ4v) is 3.49. The van der Waals surface area contributed by atoms with Crippen molar-refractivity contribution in [1.82, 2.24) is 0 Å². The maximum atomic E-state index is 13.5. The van der Waals surface area contributed by atoms with Crippen molar-refractivity contribution in [3.8, 4) is 11.8 Å². The van der Waals surface area contributed by atoms with Crippen LogP contribution in [0.1, 0.15) is 27.0 Å². The van der Waals surface area contributed by atoms with Gasteiger partial charge in [-0.1, -0.05) is 48.5 Å². The average Bonchev–Trinajstić information content (AvgIpc) is 2.76. The molecular weight excluding hydrogens is 376 g/mol. The number of amides is 2. The van der Waals surface area contributed by atoms with Gasteiger partial charge in [-0.15, -0.1) is 0 Å². The summed E-state index contributed by atoms with van der Waals surface area (Å²) in [4.78, 5) is 27.9. The SMILES string of the molecule is Cc1cccc(N2C(=O)/C(=C\c3ccccc3OCC#N)c3ccccc3C2=O)c1. The van der Waals surface area contributed by atoms with E-state index in [0.717, 1.165) is 5.56 Å². The van der Waals surface area contributed by atoms with Crippen molar-refractivity contribution in [3.05, 3.63) is 95.1 Å². The van der Waals surface area contributed by atoms with Crippen molar-refractivity contribution in [2.24, 2.45) is 0 Å². The first-order chi connectivity index (χ1) is 14.6. The number of benzene rings is 3. The number of aryl methyl sites for hydroxylation is 1. The van der Waals surface area contributed by atoms with Gasteiger partial charge >= 0.3 is 0 Å². The summed E-state index contributed by atoms with van der Waals surface area (Å²) in [6, 6.07) is 23.5. The Morgan fingerprint density at radius 2 is 1.67 bits per heavy atom. The van der Waals surface area contributed by atoms with E-state index in [1.54, 1.807) is 48.5 Å². The molecule has 0 bridgehead atoms. The molecule has 4 rings (SSSR count). The van der Waals surface area contributed by atoms with Crippen molar-refractivity contribution in [2.75, 3.05) is 11.5 Å². The van der Waals surface area contributed by atoms with Gasteiger partial charge in [-0.2, -0.15) is 5.26 Å². The lowest BCUT2D eigenvalue weighted by Gasteiger charge is -2.29. The molecule has 0 saturated heterocycles. The highest BCUT2D eigenvalue weighted by Gasteiger charge is 2.35. The van der Waals surface area contributed by atoms with Gasteiger partial charge in [0.05, 0.1) is 5.69 Å². The Bertz CT molecular complexity index is 1220. The van der Waals surface area contributed by atoms with E-state index in [1.165, 1.54) is 4.90 Å². The van der Waals surface area contributed by atoms with Crippen molar-refractivity contribution in [2.45, 2.75) is 6.92 Å². The van der Waals surface area contributed by atoms with Crippen LogP contribution in [0, 0.1) is 18.3 Å². The summed E-state index contributed by atoms with van der Waals surface area (Å²) in [5.41, 5.74) is 3.56. The molecule has 1 aliphatic heterocycles. The van der Waals surface area contributed by atoms with E-state index in [9.17, 15) is 9.59 Å². The van der Waals surface area contributed by atoms with Crippen molar-refractivity contribution in [1.29, 1.82) is 5.26 Å². The Balaban J connectivity index is 1.88. The Kier molecular flexibility index (Phi) is 5.15. The second kappa shape index (κ2) is 8.06. The topological polar surface area (TPSA) is 70.4 Å². The van der Waals surface area contributed by atoms with Gasteiger partial charge in [-0.05, 0) is 48.4 Å². The van der Waals surface area contributed by atoms with Crippen molar-refractivity contribution >= 4 is 29.2 Å². The molecule has 0 spiro atoms. The number of hydrogen-bond donors (Lipinski definition) is 0. The fraction of sp³-hybridized carbons (Fsp3) is 0.0800. The maximum Gasteiger partial charge on any atom is 0.265 e. The largest absolute Gasteiger partial charge is 0.478 e. The highest BCUT2D eigenvalue weighted by Crippen LogP contribution is 2.34. The highest BCUT2D eigenvalue weighted by atomic mass is 16.5. The number of fused-ring (bicyclic) bond motifs is 1. The molecule has 0 N–H and O–H groups in total. The summed E-state index contributed by atoms with van der Waals surface area (Å²) in [5.74, 6) is -0.261. The number of carbonyl (C=O) groups excluding carboxylic acids is 2. The molecule has 1 heterocycles. The molecule has 0 fully saturated rings. The molecule has 146 valence electrons. The lowest BCUT2D eigenvalue weighted by atomic mass is 9.91. The molecule has 0 aromatic heterocycles. The van der Waals surface area contributed by atoms with Crippen LogP contribution >= 0.6 is 0 Å². The Hall–Kier alpha value is -4.17. The van der Waals surface area contributed by atoms with Crippen LogP contribution in [-0.4, -0.2) is 18.4 Å². The Labute approximate surface area is 174 Å². The van der Waals surface area contributed by atoms with Crippen molar-refractivity contribution < 1.29 is 14.3 Å². The van der Waals surface area contributed by atoms with Gasteiger partial charge in [0.15, 0.2) is 6.61 Å². The zero-order valence-electron chi connectivity index (χ0n) is 16.3. The van der Waals surface area contributed by atoms with Crippen LogP contribution in [-0.2, 0) is 4.79 Å². The van der Waals surface area contributed by atoms with Crippen LogP contribution in [0.2, 0.25) is 0 Å². The first-order valence-corrected chi connectivity index (χ1v) is 9.45. The van der Waals surface area contributed by atoms with E-state index in [0.29, 0.717) is 33.7 Å². The molecule has 3 aromatic rings. The predicted octanol–water partition coefficient (Wildman–Crippen LogP) is 4.63. The van der Waals surface area contributed by atoms with Crippen molar-refractivity contribution in [3.63, 3.8) is 0 Å². The van der Waals surface area contributed by atoms with E-state index < -0.39 is 5.91 Å². The third-order valence-electron chi connectivity index (χ3n) is 4.86. The third-order valence-corrected chi connectivity index (χ3v) is 4.86. The monoisotopic (exact) mass is 394 g/mol. The fourth-order valence-electron chi connectivity index (χ4n) is 3.49. The minimum atomic E-state index is -0.403. The Morgan fingerprint density at radius 3 is 2.43 bits per heavy atom. The molecule has 5 heteroatoms. The van der Waals surface area contributed by atoms with Crippen LogP contribution in [0.15, 0.2) is 72.8 Å². The smallest absolute Gasteiger partial charge is 0.265 e. The first kappa shape index (κ1) is 19.2. The summed E-state index contributed by atoms with van der Waals surface area (Å²) in [5, 5.41) is 8.84. The number of para-hydroxylation sites is 1. The number of hydrogen-bond acceptors (Lipinski definition) is 4. The van der Waals surface area contributed by atoms with Gasteiger partial charge in [-0.3, -0.25) is 9.59 Å². The van der Waals surface area contributed by atoms with E-state index in [4.69, 9.17) is 10.00 Å². The number of carbonyl (C=O) groups is 2. The van der Waals surface area contributed by atoms with Crippen LogP contribution in [0.25, 0.3) is 11.6 Å². The molecule has 0 radical (unpaired) electrons. The highest BCUT2D eigenvalue weighted by molar-refractivity contribution is 6.43. The molecule has 1 aliphatic rings. The van der Waals surface area contributed by atoms with E-state index in [2.05, 4.69) is 0 Å². The van der Waals surface area contributed by atoms with E-state index >= 15 is 0 Å². The molecule has 0 atom stereocenters. The van der Waals surface area contributed by atoms with Crippen LogP contribution in [0.5, 0.6) is 5.75 Å². The molecule has 0 aliphatic carbocycles. The Morgan fingerprint density at radius 1 is 0.933 bits per heavy atom. The number of nitriles is 1. The number of imide groups is 1. The summed E-state index contributed by atoms with van der Waals surface area (Å²) >= 11 is 0. The van der Waals surface area contributed by atoms with Gasteiger partial charge in [0.1, 0.15) is 11.8 Å². The van der Waals surface area contributed by atoms with Gasteiger partial charge in [0.2, 0.25) is 0 Å². The first-order valence-electron chi connectivity index (χ1n) is 9.45. The van der Waals surface area contributed by atoms with Gasteiger partial charge in [-0.25, -0.2) is 4.90 Å². The second-order valence-electron chi connectivity index (χ2n) is 6.87. The molecule has 30 heavy (non-hydrogen) atoms. The molecular formula is C25H18N2O3. The maximum absolute atomic E-state index is 13.5. The number of ether oxygens (including phenoxy) is 1. The minimum absolute atomic E-state index is 0.0986. The number of rotatable bonds is 4. The van der Waals surface area contributed by atoms with Gasteiger partial charge in [0.25, 0.3) is 11.8 Å². The predicted molar refractivity (Wildman–Crippen MR) is 115 cm³/mol. The third kappa shape index (κ3) is 3.47. The number of anilines is 1. The summed E-state index contributed by atoms with van der Waals surface area (Å²) in [6.07, 6.45) is 1.71. The molecule has 3 aromatic carbocycles. The van der Waals surface area contributed by atoms with Crippen LogP contribution in [0.4, 0.5) is 5.69 Å². The molecule has 2 amide bonds. The quantitative estimate of drug-likeness (QED) is 0.478. The zero-order chi connectivity index (χ0) is 21.1. The molecule has 0 saturated carbocycles. The average molecular weight is 394 g/mol. The summed E-state index contributed by atoms with van der Waals surface area (Å²) in [7, 11) is 0. The van der Waals surface area contributed by atoms with Crippen LogP contribution in [0.3, 0.4) is 0 Å². The normalized spacial score (nSPS) is 14.4. The molecule has 0 unspecified atom stereocenters. The van der Waals surface area contributed by atoms with E-state index in [-0.39, 0.29) is 12.5 Å². The van der Waals surface area contributed by atoms with E-state index in [1.807, 2.05) is 43.3 Å². The van der Waals surface area contributed by atoms with Crippen LogP contribution < -0.4 is 9.64 Å². The lowest BCUT2D eigenvalue weighted by Crippen LogP contribution is -2.41. The lowest BCUT2D eigenvalue weighted by molar-refractivity contribution is -0.112.